The van der Waals surface area contributed by atoms with E-state index in [1.54, 1.807) is 19.2 Å². The van der Waals surface area contributed by atoms with Gasteiger partial charge in [-0.15, -0.1) is 0 Å². The molecule has 2 aliphatic heterocycles. The second kappa shape index (κ2) is 11.6. The molecule has 214 valence electrons. The van der Waals surface area contributed by atoms with E-state index in [0.717, 1.165) is 78.8 Å². The molecule has 3 aromatic rings. The summed E-state index contributed by atoms with van der Waals surface area (Å²) in [7, 11) is 1.67. The van der Waals surface area contributed by atoms with Crippen LogP contribution in [0.5, 0.6) is 5.75 Å². The number of nitrogens with one attached hydrogen (secondary N) is 1. The van der Waals surface area contributed by atoms with E-state index in [4.69, 9.17) is 9.47 Å². The van der Waals surface area contributed by atoms with Gasteiger partial charge in [0.1, 0.15) is 5.75 Å². The Balaban J connectivity index is 1.42. The Morgan fingerprint density at radius 2 is 1.80 bits per heavy atom. The molecular weight excluding hydrogens is 525 g/mol. The Morgan fingerprint density at radius 3 is 2.48 bits per heavy atom. The van der Waals surface area contributed by atoms with Crippen LogP contribution in [-0.2, 0) is 20.8 Å². The summed E-state index contributed by atoms with van der Waals surface area (Å²) >= 11 is 0. The fourth-order valence-electron chi connectivity index (χ4n) is 6.22. The minimum absolute atomic E-state index is 0.0171. The van der Waals surface area contributed by atoms with E-state index < -0.39 is 18.1 Å². The van der Waals surface area contributed by atoms with Crippen molar-refractivity contribution in [2.24, 2.45) is 11.8 Å². The highest BCUT2D eigenvalue weighted by Crippen LogP contribution is 2.42. The summed E-state index contributed by atoms with van der Waals surface area (Å²) in [6.45, 7) is 5.10. The number of alkyl halides is 3. The highest BCUT2D eigenvalue weighted by atomic mass is 19.4. The molecule has 0 saturated carbocycles. The van der Waals surface area contributed by atoms with Gasteiger partial charge in [-0.1, -0.05) is 12.1 Å². The maximum Gasteiger partial charge on any atom is 0.491 e. The molecule has 3 heterocycles. The SMILES string of the molecule is COc1cc(C)c2[nH]ccc2c1CN1CC[C@H](C2CCOCC2)C[C@H]1c1ccc(C(=O)OC(=O)C(F)(F)F)cc1. The lowest BCUT2D eigenvalue weighted by Crippen LogP contribution is -2.39. The summed E-state index contributed by atoms with van der Waals surface area (Å²) < 4.78 is 53.0. The number of benzene rings is 2. The second-order valence-corrected chi connectivity index (χ2v) is 10.7. The van der Waals surface area contributed by atoms with Gasteiger partial charge < -0.3 is 19.2 Å². The minimum atomic E-state index is -5.24. The fraction of sp³-hybridized carbons (Fsp3) is 0.467. The van der Waals surface area contributed by atoms with E-state index in [2.05, 4.69) is 20.7 Å². The molecule has 0 bridgehead atoms. The number of nitrogens with zero attached hydrogens (tertiary/aromatic N) is 1. The number of ether oxygens (including phenoxy) is 3. The Morgan fingerprint density at radius 1 is 1.07 bits per heavy atom. The molecule has 0 spiro atoms. The largest absolute Gasteiger partial charge is 0.496 e. The predicted octanol–water partition coefficient (Wildman–Crippen LogP) is 6.11. The number of aromatic nitrogens is 1. The van der Waals surface area contributed by atoms with E-state index >= 15 is 0 Å². The van der Waals surface area contributed by atoms with Crippen molar-refractivity contribution >= 4 is 22.8 Å². The summed E-state index contributed by atoms with van der Waals surface area (Å²) in [6.07, 6.45) is 0.716. The first-order chi connectivity index (χ1) is 19.2. The van der Waals surface area contributed by atoms with Crippen LogP contribution in [0.1, 0.15) is 58.8 Å². The zero-order chi connectivity index (χ0) is 28.4. The molecule has 40 heavy (non-hydrogen) atoms. The smallest absolute Gasteiger partial charge is 0.491 e. The van der Waals surface area contributed by atoms with Crippen molar-refractivity contribution in [2.75, 3.05) is 26.9 Å². The third kappa shape index (κ3) is 5.88. The minimum Gasteiger partial charge on any atom is -0.496 e. The second-order valence-electron chi connectivity index (χ2n) is 10.7. The van der Waals surface area contributed by atoms with Gasteiger partial charge in [-0.05, 0) is 86.4 Å². The zero-order valence-corrected chi connectivity index (χ0v) is 22.6. The molecule has 5 rings (SSSR count). The average molecular weight is 559 g/mol. The summed E-state index contributed by atoms with van der Waals surface area (Å²) in [5, 5.41) is 1.11. The number of hydrogen-bond donors (Lipinski definition) is 1. The van der Waals surface area contributed by atoms with E-state index in [1.165, 1.54) is 12.1 Å². The van der Waals surface area contributed by atoms with Crippen LogP contribution in [0.4, 0.5) is 13.2 Å². The fourth-order valence-corrected chi connectivity index (χ4v) is 6.22. The predicted molar refractivity (Wildman–Crippen MR) is 142 cm³/mol. The number of hydrogen-bond acceptors (Lipinski definition) is 6. The molecule has 0 unspecified atom stereocenters. The van der Waals surface area contributed by atoms with Gasteiger partial charge in [0.25, 0.3) is 0 Å². The number of piperidine rings is 1. The van der Waals surface area contributed by atoms with Crippen LogP contribution in [0.2, 0.25) is 0 Å². The number of aryl methyl sites for hydroxylation is 1. The maximum atomic E-state index is 12.5. The summed E-state index contributed by atoms with van der Waals surface area (Å²) in [6, 6.07) is 10.5. The molecule has 2 aliphatic rings. The number of methoxy groups -OCH3 is 1. The van der Waals surface area contributed by atoms with Crippen molar-refractivity contribution in [3.05, 3.63) is 64.8 Å². The third-order valence-corrected chi connectivity index (χ3v) is 8.33. The third-order valence-electron chi connectivity index (χ3n) is 8.33. The first-order valence-electron chi connectivity index (χ1n) is 13.5. The van der Waals surface area contributed by atoms with E-state index in [0.29, 0.717) is 18.4 Å². The number of likely N-dealkylation sites (tertiary alicyclic amines) is 1. The summed E-state index contributed by atoms with van der Waals surface area (Å²) in [5.74, 6) is -1.95. The Kier molecular flexibility index (Phi) is 8.19. The molecule has 2 fully saturated rings. The lowest BCUT2D eigenvalue weighted by atomic mass is 9.76. The van der Waals surface area contributed by atoms with Gasteiger partial charge in [-0.3, -0.25) is 4.90 Å². The normalized spacial score (nSPS) is 20.9. The molecule has 0 aliphatic carbocycles. The van der Waals surface area contributed by atoms with Crippen LogP contribution in [0.25, 0.3) is 10.9 Å². The van der Waals surface area contributed by atoms with E-state index in [-0.39, 0.29) is 11.6 Å². The molecule has 2 aromatic carbocycles. The number of carbonyl (C=O) groups is 2. The van der Waals surface area contributed by atoms with Crippen LogP contribution in [0.3, 0.4) is 0 Å². The molecule has 2 atom stereocenters. The van der Waals surface area contributed by atoms with Gasteiger partial charge in [-0.25, -0.2) is 9.59 Å². The monoisotopic (exact) mass is 558 g/mol. The topological polar surface area (TPSA) is 80.9 Å². The molecule has 1 aromatic heterocycles. The van der Waals surface area contributed by atoms with E-state index in [9.17, 15) is 22.8 Å². The highest BCUT2D eigenvalue weighted by Gasteiger charge is 2.42. The van der Waals surface area contributed by atoms with Gasteiger partial charge in [0.15, 0.2) is 0 Å². The van der Waals surface area contributed by atoms with Gasteiger partial charge in [0.05, 0.1) is 12.7 Å². The van der Waals surface area contributed by atoms with Crippen molar-refractivity contribution in [3.8, 4) is 5.75 Å². The van der Waals surface area contributed by atoms with Gasteiger partial charge in [0, 0.05) is 48.5 Å². The number of fused-ring (bicyclic) bond motifs is 1. The van der Waals surface area contributed by atoms with Crippen molar-refractivity contribution in [1.82, 2.24) is 9.88 Å². The molecule has 1 N–H and O–H groups in total. The van der Waals surface area contributed by atoms with Crippen LogP contribution in [-0.4, -0.2) is 54.9 Å². The van der Waals surface area contributed by atoms with Crippen molar-refractivity contribution in [1.29, 1.82) is 0 Å². The maximum absolute atomic E-state index is 12.5. The molecule has 0 amide bonds. The Bertz CT molecular complexity index is 1360. The standard InChI is InChI=1S/C30H33F3N2O5/c1-18-15-26(38-2)24(23-7-11-34-27(18)23)17-35-12-8-22(19-9-13-39-14-10-19)16-25(35)20-3-5-21(6-4-20)28(36)40-29(37)30(31,32)33/h3-7,11,15,19,22,25,34H,8-10,12-14,16-17H2,1-2H3/t22-,25-/m0/s1. The van der Waals surface area contributed by atoms with Gasteiger partial charge in [-0.2, -0.15) is 13.2 Å². The number of rotatable bonds is 6. The van der Waals surface area contributed by atoms with Gasteiger partial charge >= 0.3 is 18.1 Å². The van der Waals surface area contributed by atoms with Crippen LogP contribution in [0, 0.1) is 18.8 Å². The summed E-state index contributed by atoms with van der Waals surface area (Å²) in [5.41, 5.74) is 4.10. The van der Waals surface area contributed by atoms with E-state index in [1.807, 2.05) is 19.2 Å². The number of aromatic amines is 1. The molecule has 10 heteroatoms. The van der Waals surface area contributed by atoms with Crippen molar-refractivity contribution < 1.29 is 37.0 Å². The van der Waals surface area contributed by atoms with Crippen molar-refractivity contribution in [2.45, 2.75) is 51.4 Å². The van der Waals surface area contributed by atoms with Crippen molar-refractivity contribution in [3.63, 3.8) is 0 Å². The first-order valence-corrected chi connectivity index (χ1v) is 13.5. The number of H-pyrrole nitrogens is 1. The quantitative estimate of drug-likeness (QED) is 0.291. The van der Waals surface area contributed by atoms with Gasteiger partial charge in [0.2, 0.25) is 0 Å². The first kappa shape index (κ1) is 28.2. The number of halogens is 3. The highest BCUT2D eigenvalue weighted by molar-refractivity contribution is 5.98. The lowest BCUT2D eigenvalue weighted by molar-refractivity contribution is -0.193. The van der Waals surface area contributed by atoms with Crippen LogP contribution < -0.4 is 4.74 Å². The Hall–Kier alpha value is -3.37. The summed E-state index contributed by atoms with van der Waals surface area (Å²) in [4.78, 5) is 29.0. The average Bonchev–Trinajstić information content (AvgIpc) is 3.45. The zero-order valence-electron chi connectivity index (χ0n) is 22.6. The van der Waals surface area contributed by atoms with Crippen LogP contribution in [0.15, 0.2) is 42.6 Å². The Labute approximate surface area is 230 Å². The van der Waals surface area contributed by atoms with Crippen LogP contribution >= 0.6 is 0 Å². The molecule has 7 nitrogen and oxygen atoms in total. The number of carbonyl (C=O) groups excluding carboxylic acids is 2. The number of esters is 2. The lowest BCUT2D eigenvalue weighted by Gasteiger charge is -2.43. The molecular formula is C30H33F3N2O5. The molecule has 0 radical (unpaired) electrons. The molecule has 2 saturated heterocycles.